The number of halogens is 1. The molecule has 0 aromatic carbocycles. The Balaban J connectivity index is 1.73. The minimum absolute atomic E-state index is 0.0332. The van der Waals surface area contributed by atoms with Crippen molar-refractivity contribution in [1.29, 1.82) is 0 Å². The number of fused-ring (bicyclic) bond motifs is 1. The standard InChI is InChI=1S/C17H20BrN5O2/c18-15-12-21-23-14(4-3-13-2-1-5-19-11-13)10-16(22-17(15)23)20-6-8-25-9-7-24/h1-2,5,10-12,24H,3-4,6-9H2,(H,20,22). The van der Waals surface area contributed by atoms with Gasteiger partial charge in [-0.1, -0.05) is 6.07 Å². The number of aromatic nitrogens is 4. The minimum Gasteiger partial charge on any atom is -0.394 e. The highest BCUT2D eigenvalue weighted by Crippen LogP contribution is 2.20. The molecule has 7 nitrogen and oxygen atoms in total. The number of rotatable bonds is 9. The number of ether oxygens (including phenoxy) is 1. The van der Waals surface area contributed by atoms with Gasteiger partial charge in [0.25, 0.3) is 0 Å². The molecule has 8 heteroatoms. The fraction of sp³-hybridized carbons (Fsp3) is 0.353. The zero-order valence-electron chi connectivity index (χ0n) is 13.7. The van der Waals surface area contributed by atoms with E-state index in [9.17, 15) is 0 Å². The highest BCUT2D eigenvalue weighted by molar-refractivity contribution is 9.10. The molecular formula is C17H20BrN5O2. The zero-order chi connectivity index (χ0) is 17.5. The molecule has 3 rings (SSSR count). The van der Waals surface area contributed by atoms with Crippen LogP contribution in [0.5, 0.6) is 0 Å². The number of anilines is 1. The van der Waals surface area contributed by atoms with Crippen LogP contribution >= 0.6 is 15.9 Å². The lowest BCUT2D eigenvalue weighted by Crippen LogP contribution is -2.13. The second kappa shape index (κ2) is 8.89. The second-order valence-electron chi connectivity index (χ2n) is 5.48. The maximum absolute atomic E-state index is 8.72. The van der Waals surface area contributed by atoms with Gasteiger partial charge in [0.15, 0.2) is 5.65 Å². The molecule has 0 spiro atoms. The normalized spacial score (nSPS) is 11.1. The second-order valence-corrected chi connectivity index (χ2v) is 6.34. The van der Waals surface area contributed by atoms with Crippen molar-refractivity contribution in [2.45, 2.75) is 12.8 Å². The highest BCUT2D eigenvalue weighted by Gasteiger charge is 2.10. The summed E-state index contributed by atoms with van der Waals surface area (Å²) >= 11 is 3.50. The number of nitrogens with one attached hydrogen (secondary N) is 1. The van der Waals surface area contributed by atoms with Crippen LogP contribution in [-0.4, -0.2) is 51.1 Å². The van der Waals surface area contributed by atoms with E-state index < -0.39 is 0 Å². The fourth-order valence-electron chi connectivity index (χ4n) is 2.50. The third-order valence-corrected chi connectivity index (χ3v) is 4.24. The molecule has 0 aliphatic rings. The molecule has 0 amide bonds. The molecule has 0 radical (unpaired) electrons. The molecule has 3 aromatic rings. The van der Waals surface area contributed by atoms with Crippen LogP contribution in [0.2, 0.25) is 0 Å². The van der Waals surface area contributed by atoms with Crippen LogP contribution in [0.15, 0.2) is 41.3 Å². The first-order valence-corrected chi connectivity index (χ1v) is 8.92. The van der Waals surface area contributed by atoms with Crippen LogP contribution in [0, 0.1) is 0 Å². The van der Waals surface area contributed by atoms with Gasteiger partial charge in [0, 0.05) is 30.7 Å². The van der Waals surface area contributed by atoms with Crippen molar-refractivity contribution in [2.24, 2.45) is 0 Å². The molecular weight excluding hydrogens is 386 g/mol. The monoisotopic (exact) mass is 405 g/mol. The molecule has 2 N–H and O–H groups in total. The average Bonchev–Trinajstić information content (AvgIpc) is 3.02. The van der Waals surface area contributed by atoms with Crippen LogP contribution in [0.3, 0.4) is 0 Å². The number of aliphatic hydroxyl groups is 1. The molecule has 0 saturated heterocycles. The molecule has 0 unspecified atom stereocenters. The van der Waals surface area contributed by atoms with E-state index >= 15 is 0 Å². The predicted octanol–water partition coefficient (Wildman–Crippen LogP) is 2.09. The van der Waals surface area contributed by atoms with Crippen LogP contribution in [0.1, 0.15) is 11.3 Å². The lowest BCUT2D eigenvalue weighted by molar-refractivity contribution is 0.0992. The summed E-state index contributed by atoms with van der Waals surface area (Å²) in [7, 11) is 0. The Hall–Kier alpha value is -2.03. The van der Waals surface area contributed by atoms with E-state index in [0.717, 1.165) is 34.5 Å². The van der Waals surface area contributed by atoms with Gasteiger partial charge < -0.3 is 15.2 Å². The minimum atomic E-state index is 0.0332. The van der Waals surface area contributed by atoms with Gasteiger partial charge in [-0.25, -0.2) is 9.50 Å². The third kappa shape index (κ3) is 4.75. The molecule has 0 bridgehead atoms. The molecule has 3 heterocycles. The van der Waals surface area contributed by atoms with E-state index in [1.165, 1.54) is 5.56 Å². The van der Waals surface area contributed by atoms with Crippen LogP contribution in [0.25, 0.3) is 5.65 Å². The quantitative estimate of drug-likeness (QED) is 0.530. The summed E-state index contributed by atoms with van der Waals surface area (Å²) in [5.41, 5.74) is 3.03. The maximum Gasteiger partial charge on any atom is 0.171 e. The van der Waals surface area contributed by atoms with Gasteiger partial charge in [-0.05, 0) is 40.4 Å². The summed E-state index contributed by atoms with van der Waals surface area (Å²) < 4.78 is 7.97. The number of aliphatic hydroxyl groups excluding tert-OH is 1. The summed E-state index contributed by atoms with van der Waals surface area (Å²) in [6, 6.07) is 6.03. The van der Waals surface area contributed by atoms with Crippen molar-refractivity contribution in [3.63, 3.8) is 0 Å². The lowest BCUT2D eigenvalue weighted by Gasteiger charge is -2.10. The van der Waals surface area contributed by atoms with Crippen LogP contribution in [0.4, 0.5) is 5.82 Å². The van der Waals surface area contributed by atoms with Crippen molar-refractivity contribution in [1.82, 2.24) is 19.6 Å². The third-order valence-electron chi connectivity index (χ3n) is 3.68. The summed E-state index contributed by atoms with van der Waals surface area (Å²) in [4.78, 5) is 8.75. The van der Waals surface area contributed by atoms with E-state index in [-0.39, 0.29) is 6.61 Å². The SMILES string of the molecule is OCCOCCNc1cc(CCc2cccnc2)n2ncc(Br)c2n1. The predicted molar refractivity (Wildman–Crippen MR) is 98.7 cm³/mol. The summed E-state index contributed by atoms with van der Waals surface area (Å²) in [6.07, 6.45) is 7.12. The Kier molecular flexibility index (Phi) is 6.32. The molecule has 132 valence electrons. The van der Waals surface area contributed by atoms with Gasteiger partial charge in [-0.2, -0.15) is 5.10 Å². The first kappa shape index (κ1) is 17.8. The molecule has 0 saturated carbocycles. The highest BCUT2D eigenvalue weighted by atomic mass is 79.9. The van der Waals surface area contributed by atoms with E-state index in [4.69, 9.17) is 9.84 Å². The number of nitrogens with zero attached hydrogens (tertiary/aromatic N) is 4. The van der Waals surface area contributed by atoms with Gasteiger partial charge in [0.05, 0.1) is 30.5 Å². The summed E-state index contributed by atoms with van der Waals surface area (Å²) in [5, 5.41) is 16.4. The lowest BCUT2D eigenvalue weighted by atomic mass is 10.1. The molecule has 0 fully saturated rings. The molecule has 0 aliphatic carbocycles. The molecule has 0 atom stereocenters. The number of pyridine rings is 1. The van der Waals surface area contributed by atoms with Gasteiger partial charge in [-0.15, -0.1) is 0 Å². The first-order chi connectivity index (χ1) is 12.3. The zero-order valence-corrected chi connectivity index (χ0v) is 15.3. The van der Waals surface area contributed by atoms with Gasteiger partial charge in [0.2, 0.25) is 0 Å². The van der Waals surface area contributed by atoms with Crippen molar-refractivity contribution in [3.05, 3.63) is 52.5 Å². The topological polar surface area (TPSA) is 84.6 Å². The van der Waals surface area contributed by atoms with Gasteiger partial charge in [-0.3, -0.25) is 4.98 Å². The fourth-order valence-corrected chi connectivity index (χ4v) is 2.85. The largest absolute Gasteiger partial charge is 0.394 e. The average molecular weight is 406 g/mol. The Morgan fingerprint density at radius 3 is 2.96 bits per heavy atom. The maximum atomic E-state index is 8.72. The van der Waals surface area contributed by atoms with Gasteiger partial charge in [0.1, 0.15) is 5.82 Å². The Labute approximate surface area is 154 Å². The molecule has 3 aromatic heterocycles. The Morgan fingerprint density at radius 1 is 1.24 bits per heavy atom. The number of hydrogen-bond donors (Lipinski definition) is 2. The number of aryl methyl sites for hydroxylation is 2. The number of hydrogen-bond acceptors (Lipinski definition) is 6. The Bertz CT molecular complexity index is 809. The van der Waals surface area contributed by atoms with Crippen molar-refractivity contribution < 1.29 is 9.84 Å². The van der Waals surface area contributed by atoms with Crippen LogP contribution < -0.4 is 5.32 Å². The smallest absolute Gasteiger partial charge is 0.171 e. The van der Waals surface area contributed by atoms with E-state index in [2.05, 4.69) is 42.4 Å². The van der Waals surface area contributed by atoms with Crippen molar-refractivity contribution in [2.75, 3.05) is 31.7 Å². The Morgan fingerprint density at radius 2 is 2.16 bits per heavy atom. The molecule has 25 heavy (non-hydrogen) atoms. The van der Waals surface area contributed by atoms with Crippen molar-refractivity contribution in [3.8, 4) is 0 Å². The van der Waals surface area contributed by atoms with E-state index in [0.29, 0.717) is 19.8 Å². The van der Waals surface area contributed by atoms with E-state index in [1.54, 1.807) is 12.4 Å². The van der Waals surface area contributed by atoms with E-state index in [1.807, 2.05) is 22.8 Å². The molecule has 0 aliphatic heterocycles. The van der Waals surface area contributed by atoms with Crippen LogP contribution in [-0.2, 0) is 17.6 Å². The summed E-state index contributed by atoms with van der Waals surface area (Å²) in [5.74, 6) is 0.780. The van der Waals surface area contributed by atoms with Crippen molar-refractivity contribution >= 4 is 27.4 Å². The van der Waals surface area contributed by atoms with Gasteiger partial charge >= 0.3 is 0 Å². The first-order valence-electron chi connectivity index (χ1n) is 8.12. The summed E-state index contributed by atoms with van der Waals surface area (Å²) in [6.45, 7) is 1.51.